The summed E-state index contributed by atoms with van der Waals surface area (Å²) in [5, 5.41) is 3.32. The topological polar surface area (TPSA) is 41.6 Å². The highest BCUT2D eigenvalue weighted by atomic mass is 16.5. The maximum absolute atomic E-state index is 11.6. The minimum absolute atomic E-state index is 0.0437. The zero-order valence-electron chi connectivity index (χ0n) is 10.7. The number of carbonyl (C=O) groups is 1. The van der Waals surface area contributed by atoms with E-state index < -0.39 is 0 Å². The van der Waals surface area contributed by atoms with Crippen molar-refractivity contribution in [3.05, 3.63) is 0 Å². The van der Waals surface area contributed by atoms with Crippen LogP contribution in [-0.4, -0.2) is 49.7 Å². The van der Waals surface area contributed by atoms with Crippen molar-refractivity contribution >= 4 is 5.97 Å². The summed E-state index contributed by atoms with van der Waals surface area (Å²) in [6.07, 6.45) is 2.54. The molecular formula is C12H24N2O2. The van der Waals surface area contributed by atoms with Crippen LogP contribution in [0.3, 0.4) is 0 Å². The average Bonchev–Trinajstić information content (AvgIpc) is 2.30. The van der Waals surface area contributed by atoms with Crippen molar-refractivity contribution in [2.75, 3.05) is 33.3 Å². The molecule has 4 heteroatoms. The third-order valence-corrected chi connectivity index (χ3v) is 3.58. The van der Waals surface area contributed by atoms with Crippen LogP contribution in [0.5, 0.6) is 0 Å². The van der Waals surface area contributed by atoms with E-state index in [0.29, 0.717) is 13.0 Å². The van der Waals surface area contributed by atoms with Gasteiger partial charge in [-0.1, -0.05) is 6.92 Å². The van der Waals surface area contributed by atoms with Gasteiger partial charge in [0, 0.05) is 5.54 Å². The zero-order chi connectivity index (χ0) is 12.0. The number of likely N-dealkylation sites (tertiary alicyclic amines) is 1. The minimum Gasteiger partial charge on any atom is -0.466 e. The molecule has 0 aromatic heterocycles. The lowest BCUT2D eigenvalue weighted by atomic mass is 9.84. The van der Waals surface area contributed by atoms with Crippen LogP contribution in [0, 0.1) is 0 Å². The monoisotopic (exact) mass is 228 g/mol. The molecule has 0 atom stereocenters. The number of carbonyl (C=O) groups excluding carboxylic acids is 1. The van der Waals surface area contributed by atoms with Crippen molar-refractivity contribution in [3.8, 4) is 0 Å². The number of nitrogens with one attached hydrogen (secondary N) is 1. The minimum atomic E-state index is -0.0817. The molecule has 0 aromatic rings. The van der Waals surface area contributed by atoms with Crippen molar-refractivity contribution in [1.29, 1.82) is 0 Å². The number of esters is 1. The van der Waals surface area contributed by atoms with E-state index >= 15 is 0 Å². The van der Waals surface area contributed by atoms with Crippen LogP contribution in [0.4, 0.5) is 0 Å². The van der Waals surface area contributed by atoms with E-state index in [9.17, 15) is 4.79 Å². The van der Waals surface area contributed by atoms with E-state index in [1.807, 2.05) is 14.0 Å². The van der Waals surface area contributed by atoms with Crippen LogP contribution >= 0.6 is 0 Å². The van der Waals surface area contributed by atoms with Gasteiger partial charge in [0.1, 0.15) is 0 Å². The van der Waals surface area contributed by atoms with Crippen molar-refractivity contribution in [2.24, 2.45) is 0 Å². The Morgan fingerprint density at radius 2 is 2.00 bits per heavy atom. The summed E-state index contributed by atoms with van der Waals surface area (Å²) in [6, 6.07) is 0. The van der Waals surface area contributed by atoms with Gasteiger partial charge in [0.15, 0.2) is 0 Å². The Kier molecular flexibility index (Phi) is 5.22. The summed E-state index contributed by atoms with van der Waals surface area (Å²) < 4.78 is 5.03. The molecule has 0 unspecified atom stereocenters. The van der Waals surface area contributed by atoms with E-state index in [0.717, 1.165) is 32.5 Å². The number of ether oxygens (including phenoxy) is 1. The van der Waals surface area contributed by atoms with E-state index in [1.165, 1.54) is 0 Å². The van der Waals surface area contributed by atoms with Gasteiger partial charge in [-0.2, -0.15) is 0 Å². The fourth-order valence-electron chi connectivity index (χ4n) is 2.30. The molecule has 0 amide bonds. The maximum Gasteiger partial charge on any atom is 0.307 e. The average molecular weight is 228 g/mol. The highest BCUT2D eigenvalue weighted by molar-refractivity contribution is 5.71. The maximum atomic E-state index is 11.6. The van der Waals surface area contributed by atoms with E-state index in [4.69, 9.17) is 4.74 Å². The highest BCUT2D eigenvalue weighted by Crippen LogP contribution is 2.25. The quantitative estimate of drug-likeness (QED) is 0.713. The first-order valence-corrected chi connectivity index (χ1v) is 6.22. The summed E-state index contributed by atoms with van der Waals surface area (Å²) >= 11 is 0. The molecule has 1 saturated heterocycles. The summed E-state index contributed by atoms with van der Waals surface area (Å²) in [7, 11) is 1.95. The van der Waals surface area contributed by atoms with Gasteiger partial charge in [-0.25, -0.2) is 0 Å². The van der Waals surface area contributed by atoms with Crippen LogP contribution in [0.25, 0.3) is 0 Å². The van der Waals surface area contributed by atoms with Gasteiger partial charge in [-0.3, -0.25) is 4.79 Å². The predicted molar refractivity (Wildman–Crippen MR) is 64.4 cm³/mol. The normalized spacial score (nSPS) is 20.7. The number of piperidine rings is 1. The van der Waals surface area contributed by atoms with Crippen molar-refractivity contribution in [3.63, 3.8) is 0 Å². The van der Waals surface area contributed by atoms with Gasteiger partial charge in [0.2, 0.25) is 0 Å². The Hall–Kier alpha value is -0.610. The molecule has 1 rings (SSSR count). The molecule has 1 aliphatic heterocycles. The SMILES string of the molecule is CCOC(=O)CC1(NC)CCN(CC)CC1. The molecular weight excluding hydrogens is 204 g/mol. The first-order chi connectivity index (χ1) is 7.65. The van der Waals surface area contributed by atoms with Gasteiger partial charge in [-0.15, -0.1) is 0 Å². The molecule has 1 heterocycles. The number of nitrogens with zero attached hydrogens (tertiary/aromatic N) is 1. The Bertz CT molecular complexity index is 223. The van der Waals surface area contributed by atoms with Crippen LogP contribution in [0.1, 0.15) is 33.1 Å². The smallest absolute Gasteiger partial charge is 0.307 e. The molecule has 1 N–H and O–H groups in total. The third kappa shape index (κ3) is 3.46. The second-order valence-corrected chi connectivity index (χ2v) is 4.45. The fourth-order valence-corrected chi connectivity index (χ4v) is 2.30. The molecule has 1 aliphatic rings. The summed E-state index contributed by atoms with van der Waals surface area (Å²) in [6.45, 7) is 7.73. The number of rotatable bonds is 5. The van der Waals surface area contributed by atoms with Crippen LogP contribution in [-0.2, 0) is 9.53 Å². The van der Waals surface area contributed by atoms with Gasteiger partial charge in [-0.05, 0) is 46.4 Å². The molecule has 94 valence electrons. The van der Waals surface area contributed by atoms with E-state index in [-0.39, 0.29) is 11.5 Å². The van der Waals surface area contributed by atoms with Gasteiger partial charge < -0.3 is 15.0 Å². The second-order valence-electron chi connectivity index (χ2n) is 4.45. The summed E-state index contributed by atoms with van der Waals surface area (Å²) in [4.78, 5) is 14.0. The first-order valence-electron chi connectivity index (χ1n) is 6.22. The lowest BCUT2D eigenvalue weighted by Gasteiger charge is -2.40. The van der Waals surface area contributed by atoms with Gasteiger partial charge in [0.05, 0.1) is 13.0 Å². The third-order valence-electron chi connectivity index (χ3n) is 3.58. The second kappa shape index (κ2) is 6.21. The molecule has 16 heavy (non-hydrogen) atoms. The highest BCUT2D eigenvalue weighted by Gasteiger charge is 2.35. The molecule has 0 spiro atoms. The summed E-state index contributed by atoms with van der Waals surface area (Å²) in [5.74, 6) is -0.0817. The van der Waals surface area contributed by atoms with Crippen LogP contribution in [0.2, 0.25) is 0 Å². The summed E-state index contributed by atoms with van der Waals surface area (Å²) in [5.41, 5.74) is -0.0437. The number of hydrogen-bond donors (Lipinski definition) is 1. The molecule has 0 aromatic carbocycles. The van der Waals surface area contributed by atoms with Gasteiger partial charge >= 0.3 is 5.97 Å². The number of hydrogen-bond acceptors (Lipinski definition) is 4. The molecule has 1 fully saturated rings. The van der Waals surface area contributed by atoms with Gasteiger partial charge in [0.25, 0.3) is 0 Å². The van der Waals surface area contributed by atoms with Crippen molar-refractivity contribution in [2.45, 2.75) is 38.6 Å². The molecule has 0 aliphatic carbocycles. The first kappa shape index (κ1) is 13.5. The standard InChI is InChI=1S/C12H24N2O2/c1-4-14-8-6-12(13-3,7-9-14)10-11(15)16-5-2/h13H,4-10H2,1-3H3. The Morgan fingerprint density at radius 3 is 2.44 bits per heavy atom. The Morgan fingerprint density at radius 1 is 1.38 bits per heavy atom. The molecule has 0 saturated carbocycles. The Balaban J connectivity index is 2.49. The Labute approximate surface area is 98.3 Å². The van der Waals surface area contributed by atoms with Crippen LogP contribution in [0.15, 0.2) is 0 Å². The van der Waals surface area contributed by atoms with E-state index in [2.05, 4.69) is 17.1 Å². The lowest BCUT2D eigenvalue weighted by Crippen LogP contribution is -2.53. The van der Waals surface area contributed by atoms with Crippen molar-refractivity contribution < 1.29 is 9.53 Å². The largest absolute Gasteiger partial charge is 0.466 e. The molecule has 0 radical (unpaired) electrons. The zero-order valence-corrected chi connectivity index (χ0v) is 10.7. The van der Waals surface area contributed by atoms with Crippen molar-refractivity contribution in [1.82, 2.24) is 10.2 Å². The molecule has 0 bridgehead atoms. The lowest BCUT2D eigenvalue weighted by molar-refractivity contribution is -0.145. The molecule has 4 nitrogen and oxygen atoms in total. The van der Waals surface area contributed by atoms with Crippen LogP contribution < -0.4 is 5.32 Å². The fraction of sp³-hybridized carbons (Fsp3) is 0.917. The predicted octanol–water partition coefficient (Wildman–Crippen LogP) is 1.01. The van der Waals surface area contributed by atoms with E-state index in [1.54, 1.807) is 0 Å².